The molecule has 0 rings (SSSR count). The molecule has 6 nitrogen and oxygen atoms in total. The topological polar surface area (TPSA) is 63.2 Å². The van der Waals surface area contributed by atoms with E-state index < -0.39 is 0 Å². The van der Waals surface area contributed by atoms with E-state index in [9.17, 15) is 4.79 Å². The molecular weight excluding hydrogens is 528 g/mol. The second-order valence-corrected chi connectivity index (χ2v) is 12.3. The van der Waals surface area contributed by atoms with Crippen LogP contribution in [-0.4, -0.2) is 65.4 Å². The lowest BCUT2D eigenvalue weighted by atomic mass is 10.0. The van der Waals surface area contributed by atoms with Crippen molar-refractivity contribution < 1.29 is 28.5 Å². The van der Waals surface area contributed by atoms with Gasteiger partial charge in [-0.3, -0.25) is 4.79 Å². The molecule has 0 aliphatic carbocycles. The van der Waals surface area contributed by atoms with E-state index in [1.807, 2.05) is 0 Å². The van der Waals surface area contributed by atoms with Crippen LogP contribution in [0.25, 0.3) is 0 Å². The Balaban J connectivity index is 3.15. The summed E-state index contributed by atoms with van der Waals surface area (Å²) in [5, 5.41) is 0. The minimum atomic E-state index is -0.108. The van der Waals surface area contributed by atoms with Crippen molar-refractivity contribution in [3.05, 3.63) is 0 Å². The van der Waals surface area contributed by atoms with Crippen LogP contribution in [0, 0.1) is 5.92 Å². The number of carbonyl (C=O) groups excluding carboxylic acids is 1. The van der Waals surface area contributed by atoms with Crippen LogP contribution in [0.1, 0.15) is 162 Å². The van der Waals surface area contributed by atoms with Crippen molar-refractivity contribution in [3.63, 3.8) is 0 Å². The summed E-state index contributed by atoms with van der Waals surface area (Å²) in [6.45, 7) is 12.3. The van der Waals surface area contributed by atoms with Crippen LogP contribution in [-0.2, 0) is 28.5 Å². The molecule has 0 bridgehead atoms. The van der Waals surface area contributed by atoms with Gasteiger partial charge in [0.25, 0.3) is 0 Å². The van der Waals surface area contributed by atoms with E-state index in [1.54, 1.807) is 0 Å². The molecule has 0 spiro atoms. The zero-order chi connectivity index (χ0) is 30.6. The minimum Gasteiger partial charge on any atom is -0.466 e. The van der Waals surface area contributed by atoms with E-state index in [0.29, 0.717) is 65.7 Å². The summed E-state index contributed by atoms with van der Waals surface area (Å²) in [6, 6.07) is 0. The normalized spacial score (nSPS) is 11.5. The highest BCUT2D eigenvalue weighted by Gasteiger charge is 2.03. The molecule has 0 aromatic rings. The Bertz CT molecular complexity index is 513. The van der Waals surface area contributed by atoms with Gasteiger partial charge in [0, 0.05) is 19.6 Å². The van der Waals surface area contributed by atoms with Crippen molar-refractivity contribution in [2.24, 2.45) is 5.92 Å². The molecule has 0 unspecified atom stereocenters. The number of hydrogen-bond donors (Lipinski definition) is 0. The lowest BCUT2D eigenvalue weighted by molar-refractivity contribution is -0.144. The number of rotatable bonds is 36. The van der Waals surface area contributed by atoms with Gasteiger partial charge in [-0.2, -0.15) is 0 Å². The van der Waals surface area contributed by atoms with Gasteiger partial charge in [0.15, 0.2) is 0 Å². The molecule has 42 heavy (non-hydrogen) atoms. The van der Waals surface area contributed by atoms with Gasteiger partial charge in [-0.05, 0) is 25.2 Å². The summed E-state index contributed by atoms with van der Waals surface area (Å²) < 4.78 is 27.5. The van der Waals surface area contributed by atoms with Crippen LogP contribution in [0.2, 0.25) is 0 Å². The van der Waals surface area contributed by atoms with E-state index >= 15 is 0 Å². The summed E-state index contributed by atoms with van der Waals surface area (Å²) >= 11 is 0. The molecule has 6 heteroatoms. The van der Waals surface area contributed by atoms with Gasteiger partial charge in [-0.15, -0.1) is 0 Å². The summed E-state index contributed by atoms with van der Waals surface area (Å²) in [4.78, 5) is 11.9. The predicted molar refractivity (Wildman–Crippen MR) is 176 cm³/mol. The van der Waals surface area contributed by atoms with Crippen molar-refractivity contribution in [1.29, 1.82) is 0 Å². The first-order valence-corrected chi connectivity index (χ1v) is 18.1. The zero-order valence-electron chi connectivity index (χ0n) is 28.4. The first-order valence-electron chi connectivity index (χ1n) is 18.1. The summed E-state index contributed by atoms with van der Waals surface area (Å²) in [6.07, 6.45) is 27.5. The van der Waals surface area contributed by atoms with Crippen molar-refractivity contribution in [2.75, 3.05) is 59.5 Å². The maximum atomic E-state index is 11.9. The average molecular weight is 601 g/mol. The Kier molecular flexibility index (Phi) is 35.9. The fourth-order valence-corrected chi connectivity index (χ4v) is 4.92. The molecule has 0 aliphatic rings. The van der Waals surface area contributed by atoms with Crippen LogP contribution in [0.4, 0.5) is 0 Å². The molecule has 0 fully saturated rings. The van der Waals surface area contributed by atoms with Gasteiger partial charge >= 0.3 is 5.97 Å². The SMILES string of the molecule is CCCCCCCCOCCOCCOCCOCCCC(=O)OCCCCCCCCCCCCCCCC(C)C. The van der Waals surface area contributed by atoms with E-state index in [4.69, 9.17) is 23.7 Å². The molecule has 0 atom stereocenters. The minimum absolute atomic E-state index is 0.108. The zero-order valence-corrected chi connectivity index (χ0v) is 28.4. The standard InChI is InChI=1S/C36H72O6/c1-4-5-6-7-18-21-26-38-29-31-40-33-34-41-32-30-39-27-23-25-36(37)42-28-22-19-16-14-12-10-8-9-11-13-15-17-20-24-35(2)3/h35H,4-34H2,1-3H3. The van der Waals surface area contributed by atoms with Crippen LogP contribution < -0.4 is 0 Å². The van der Waals surface area contributed by atoms with E-state index in [1.165, 1.54) is 109 Å². The first-order chi connectivity index (χ1) is 20.7. The smallest absolute Gasteiger partial charge is 0.305 e. The van der Waals surface area contributed by atoms with E-state index in [0.717, 1.165) is 31.8 Å². The summed E-state index contributed by atoms with van der Waals surface area (Å²) in [7, 11) is 0. The van der Waals surface area contributed by atoms with Crippen molar-refractivity contribution in [1.82, 2.24) is 0 Å². The fourth-order valence-electron chi connectivity index (χ4n) is 4.92. The van der Waals surface area contributed by atoms with Gasteiger partial charge in [0.05, 0.1) is 46.2 Å². The second kappa shape index (κ2) is 36.5. The monoisotopic (exact) mass is 601 g/mol. The molecule has 0 saturated heterocycles. The predicted octanol–water partition coefficient (Wildman–Crippen LogP) is 9.85. The lowest BCUT2D eigenvalue weighted by Gasteiger charge is -2.08. The molecule has 0 heterocycles. The van der Waals surface area contributed by atoms with Gasteiger partial charge < -0.3 is 23.7 Å². The molecule has 252 valence electrons. The molecule has 0 N–H and O–H groups in total. The number of esters is 1. The van der Waals surface area contributed by atoms with Crippen molar-refractivity contribution in [2.45, 2.75) is 162 Å². The van der Waals surface area contributed by atoms with Gasteiger partial charge in [0.1, 0.15) is 0 Å². The third-order valence-corrected chi connectivity index (χ3v) is 7.62. The largest absolute Gasteiger partial charge is 0.466 e. The van der Waals surface area contributed by atoms with Crippen LogP contribution in [0.15, 0.2) is 0 Å². The Morgan fingerprint density at radius 3 is 1.24 bits per heavy atom. The lowest BCUT2D eigenvalue weighted by Crippen LogP contribution is -2.12. The second-order valence-electron chi connectivity index (χ2n) is 12.3. The Labute approximate surface area is 261 Å². The average Bonchev–Trinajstić information content (AvgIpc) is 2.98. The molecule has 0 aromatic heterocycles. The third-order valence-electron chi connectivity index (χ3n) is 7.62. The van der Waals surface area contributed by atoms with Crippen LogP contribution in [0.5, 0.6) is 0 Å². The Morgan fingerprint density at radius 1 is 0.429 bits per heavy atom. The highest BCUT2D eigenvalue weighted by atomic mass is 16.6. The number of unbranched alkanes of at least 4 members (excludes halogenated alkanes) is 17. The first kappa shape index (κ1) is 41.3. The van der Waals surface area contributed by atoms with E-state index in [-0.39, 0.29) is 5.97 Å². The Hall–Kier alpha value is -0.690. The highest BCUT2D eigenvalue weighted by molar-refractivity contribution is 5.69. The summed E-state index contributed by atoms with van der Waals surface area (Å²) in [5.41, 5.74) is 0. The quantitative estimate of drug-likeness (QED) is 0.0527. The molecule has 0 aromatic carbocycles. The summed E-state index contributed by atoms with van der Waals surface area (Å²) in [5.74, 6) is 0.753. The maximum Gasteiger partial charge on any atom is 0.305 e. The van der Waals surface area contributed by atoms with Gasteiger partial charge in [0.2, 0.25) is 0 Å². The maximum absolute atomic E-state index is 11.9. The molecule has 0 saturated carbocycles. The third kappa shape index (κ3) is 37.3. The van der Waals surface area contributed by atoms with Crippen LogP contribution >= 0.6 is 0 Å². The molecule has 0 amide bonds. The van der Waals surface area contributed by atoms with Gasteiger partial charge in [-0.1, -0.05) is 136 Å². The Morgan fingerprint density at radius 2 is 0.786 bits per heavy atom. The van der Waals surface area contributed by atoms with Crippen LogP contribution in [0.3, 0.4) is 0 Å². The number of carbonyl (C=O) groups is 1. The molecule has 0 radical (unpaired) electrons. The number of hydrogen-bond acceptors (Lipinski definition) is 6. The fraction of sp³-hybridized carbons (Fsp3) is 0.972. The van der Waals surface area contributed by atoms with Crippen molar-refractivity contribution in [3.8, 4) is 0 Å². The highest BCUT2D eigenvalue weighted by Crippen LogP contribution is 2.14. The molecular formula is C36H72O6. The number of ether oxygens (including phenoxy) is 5. The van der Waals surface area contributed by atoms with E-state index in [2.05, 4.69) is 20.8 Å². The van der Waals surface area contributed by atoms with Crippen molar-refractivity contribution >= 4 is 5.97 Å². The van der Waals surface area contributed by atoms with Gasteiger partial charge in [-0.25, -0.2) is 0 Å². The molecule has 0 aliphatic heterocycles.